The molecule has 0 aromatic carbocycles. The molecule has 2 bridgehead atoms. The monoisotopic (exact) mass is 224 g/mol. The summed E-state index contributed by atoms with van der Waals surface area (Å²) in [7, 11) is 0. The minimum absolute atomic E-state index is 0.00981. The highest BCUT2D eigenvalue weighted by atomic mass is 16.5. The fraction of sp³-hybridized carbons (Fsp3) is 0.923. The predicted molar refractivity (Wildman–Crippen MR) is 59.2 cm³/mol. The van der Waals surface area contributed by atoms with Gasteiger partial charge < -0.3 is 9.84 Å². The highest BCUT2D eigenvalue weighted by Crippen LogP contribution is 2.52. The number of hydrogen-bond acceptors (Lipinski definition) is 2. The van der Waals surface area contributed by atoms with Gasteiger partial charge in [0.15, 0.2) is 0 Å². The highest BCUT2D eigenvalue weighted by Gasteiger charge is 2.57. The maximum absolute atomic E-state index is 11.6. The number of ether oxygens (including phenoxy) is 1. The quantitative estimate of drug-likeness (QED) is 0.801. The molecule has 3 heteroatoms. The van der Waals surface area contributed by atoms with Gasteiger partial charge in [0.2, 0.25) is 0 Å². The number of carboxylic acid groups (broad SMARTS) is 1. The van der Waals surface area contributed by atoms with Crippen LogP contribution in [-0.2, 0) is 9.53 Å². The van der Waals surface area contributed by atoms with Gasteiger partial charge >= 0.3 is 5.97 Å². The van der Waals surface area contributed by atoms with Crippen molar-refractivity contribution < 1.29 is 14.6 Å². The SMILES string of the molecule is O=C(O)C1(CC2CCCC2)CC2CCC1O2. The zero-order valence-electron chi connectivity index (χ0n) is 9.65. The Morgan fingerprint density at radius 2 is 2.00 bits per heavy atom. The van der Waals surface area contributed by atoms with Crippen LogP contribution in [-0.4, -0.2) is 23.3 Å². The van der Waals surface area contributed by atoms with Crippen molar-refractivity contribution in [2.24, 2.45) is 11.3 Å². The first-order chi connectivity index (χ1) is 7.71. The standard InChI is InChI=1S/C13H20O3/c14-12(15)13(7-9-3-1-2-4-9)8-10-5-6-11(13)16-10/h9-11H,1-8H2,(H,14,15). The van der Waals surface area contributed by atoms with E-state index < -0.39 is 11.4 Å². The Morgan fingerprint density at radius 3 is 2.50 bits per heavy atom. The van der Waals surface area contributed by atoms with Crippen molar-refractivity contribution in [1.29, 1.82) is 0 Å². The molecule has 16 heavy (non-hydrogen) atoms. The van der Waals surface area contributed by atoms with E-state index >= 15 is 0 Å². The molecule has 1 N–H and O–H groups in total. The van der Waals surface area contributed by atoms with Gasteiger partial charge in [0.25, 0.3) is 0 Å². The van der Waals surface area contributed by atoms with Crippen LogP contribution < -0.4 is 0 Å². The van der Waals surface area contributed by atoms with Crippen LogP contribution in [0.3, 0.4) is 0 Å². The van der Waals surface area contributed by atoms with Crippen LogP contribution in [0.15, 0.2) is 0 Å². The lowest BCUT2D eigenvalue weighted by molar-refractivity contribution is -0.153. The van der Waals surface area contributed by atoms with Crippen LogP contribution in [0.5, 0.6) is 0 Å². The number of carboxylic acids is 1. The summed E-state index contributed by atoms with van der Waals surface area (Å²) in [6.45, 7) is 0. The second-order valence-electron chi connectivity index (χ2n) is 5.84. The summed E-state index contributed by atoms with van der Waals surface area (Å²) < 4.78 is 5.78. The maximum atomic E-state index is 11.6. The van der Waals surface area contributed by atoms with Gasteiger partial charge in [-0.25, -0.2) is 0 Å². The van der Waals surface area contributed by atoms with Crippen molar-refractivity contribution in [2.75, 3.05) is 0 Å². The summed E-state index contributed by atoms with van der Waals surface area (Å²) >= 11 is 0. The second-order valence-corrected chi connectivity index (χ2v) is 5.84. The Morgan fingerprint density at radius 1 is 1.25 bits per heavy atom. The van der Waals surface area contributed by atoms with Crippen molar-refractivity contribution in [3.8, 4) is 0 Å². The van der Waals surface area contributed by atoms with E-state index in [2.05, 4.69) is 0 Å². The van der Waals surface area contributed by atoms with Crippen molar-refractivity contribution in [3.05, 3.63) is 0 Å². The molecule has 2 saturated heterocycles. The number of carbonyl (C=O) groups is 1. The van der Waals surface area contributed by atoms with Crippen LogP contribution >= 0.6 is 0 Å². The third kappa shape index (κ3) is 1.48. The van der Waals surface area contributed by atoms with Gasteiger partial charge in [-0.3, -0.25) is 4.79 Å². The van der Waals surface area contributed by atoms with E-state index in [-0.39, 0.29) is 12.2 Å². The van der Waals surface area contributed by atoms with E-state index in [9.17, 15) is 9.90 Å². The Hall–Kier alpha value is -0.570. The summed E-state index contributed by atoms with van der Waals surface area (Å²) in [4.78, 5) is 11.6. The molecule has 0 aromatic heterocycles. The number of hydrogen-bond donors (Lipinski definition) is 1. The van der Waals surface area contributed by atoms with Crippen LogP contribution in [0.4, 0.5) is 0 Å². The van der Waals surface area contributed by atoms with Crippen molar-refractivity contribution in [1.82, 2.24) is 0 Å². The molecule has 3 nitrogen and oxygen atoms in total. The van der Waals surface area contributed by atoms with Gasteiger partial charge in [0.05, 0.1) is 17.6 Å². The third-order valence-corrected chi connectivity index (χ3v) is 4.87. The molecular formula is C13H20O3. The van der Waals surface area contributed by atoms with Gasteiger partial charge in [0, 0.05) is 0 Å². The molecular weight excluding hydrogens is 204 g/mol. The molecule has 3 aliphatic rings. The fourth-order valence-electron chi connectivity index (χ4n) is 4.06. The van der Waals surface area contributed by atoms with E-state index in [1.165, 1.54) is 25.7 Å². The smallest absolute Gasteiger partial charge is 0.312 e. The lowest BCUT2D eigenvalue weighted by Gasteiger charge is -2.33. The molecule has 3 atom stereocenters. The molecule has 90 valence electrons. The first-order valence-electron chi connectivity index (χ1n) is 6.59. The average Bonchev–Trinajstić information content (AvgIpc) is 2.92. The van der Waals surface area contributed by atoms with E-state index in [0.29, 0.717) is 5.92 Å². The van der Waals surface area contributed by atoms with Crippen LogP contribution in [0.2, 0.25) is 0 Å². The molecule has 0 aromatic rings. The maximum Gasteiger partial charge on any atom is 0.312 e. The summed E-state index contributed by atoms with van der Waals surface area (Å²) in [5.74, 6) is 0.0330. The normalized spacial score (nSPS) is 43.0. The predicted octanol–water partition coefficient (Wildman–Crippen LogP) is 2.59. The van der Waals surface area contributed by atoms with Gasteiger partial charge in [-0.05, 0) is 31.6 Å². The molecule has 1 aliphatic carbocycles. The number of rotatable bonds is 3. The lowest BCUT2D eigenvalue weighted by Crippen LogP contribution is -2.41. The van der Waals surface area contributed by atoms with Crippen LogP contribution in [0.25, 0.3) is 0 Å². The number of fused-ring (bicyclic) bond motifs is 2. The van der Waals surface area contributed by atoms with Gasteiger partial charge in [-0.1, -0.05) is 25.7 Å². The van der Waals surface area contributed by atoms with E-state index in [4.69, 9.17) is 4.74 Å². The summed E-state index contributed by atoms with van der Waals surface area (Å²) in [5.41, 5.74) is -0.530. The van der Waals surface area contributed by atoms with Crippen molar-refractivity contribution in [3.63, 3.8) is 0 Å². The summed E-state index contributed by atoms with van der Waals surface area (Å²) in [6, 6.07) is 0. The van der Waals surface area contributed by atoms with E-state index in [1.807, 2.05) is 0 Å². The topological polar surface area (TPSA) is 46.5 Å². The van der Waals surface area contributed by atoms with Gasteiger partial charge in [0.1, 0.15) is 0 Å². The second kappa shape index (κ2) is 3.73. The summed E-state index contributed by atoms with van der Waals surface area (Å²) in [6.07, 6.45) is 8.95. The molecule has 0 radical (unpaired) electrons. The zero-order valence-corrected chi connectivity index (χ0v) is 9.65. The molecule has 0 spiro atoms. The third-order valence-electron chi connectivity index (χ3n) is 4.87. The van der Waals surface area contributed by atoms with Crippen molar-refractivity contribution >= 4 is 5.97 Å². The minimum atomic E-state index is -0.605. The largest absolute Gasteiger partial charge is 0.481 e. The Balaban J connectivity index is 1.78. The van der Waals surface area contributed by atoms with Crippen LogP contribution in [0, 0.1) is 11.3 Å². The molecule has 1 saturated carbocycles. The first kappa shape index (κ1) is 10.6. The molecule has 2 aliphatic heterocycles. The van der Waals surface area contributed by atoms with E-state index in [1.54, 1.807) is 0 Å². The van der Waals surface area contributed by atoms with Crippen molar-refractivity contribution in [2.45, 2.75) is 63.6 Å². The molecule has 0 amide bonds. The zero-order chi connectivity index (χ0) is 11.2. The van der Waals surface area contributed by atoms with Gasteiger partial charge in [-0.2, -0.15) is 0 Å². The molecule has 2 heterocycles. The highest BCUT2D eigenvalue weighted by molar-refractivity contribution is 5.76. The first-order valence-corrected chi connectivity index (χ1v) is 6.59. The van der Waals surface area contributed by atoms with E-state index in [0.717, 1.165) is 25.7 Å². The minimum Gasteiger partial charge on any atom is -0.481 e. The lowest BCUT2D eigenvalue weighted by atomic mass is 9.68. The molecule has 3 rings (SSSR count). The Bertz CT molecular complexity index is 296. The molecule has 3 fully saturated rings. The Kier molecular flexibility index (Phi) is 2.46. The van der Waals surface area contributed by atoms with Crippen LogP contribution in [0.1, 0.15) is 51.4 Å². The molecule has 3 unspecified atom stereocenters. The fourth-order valence-corrected chi connectivity index (χ4v) is 4.06. The number of aliphatic carboxylic acids is 1. The average molecular weight is 224 g/mol. The Labute approximate surface area is 96.2 Å². The van der Waals surface area contributed by atoms with Gasteiger partial charge in [-0.15, -0.1) is 0 Å². The summed E-state index contributed by atoms with van der Waals surface area (Å²) in [5, 5.41) is 9.57.